The first kappa shape index (κ1) is 19.6. The number of hydrogen-bond donors (Lipinski definition) is 1. The van der Waals surface area contributed by atoms with Crippen molar-refractivity contribution in [2.45, 2.75) is 31.8 Å². The largest absolute Gasteiger partial charge is 0.419 e. The van der Waals surface area contributed by atoms with Crippen LogP contribution in [0.3, 0.4) is 0 Å². The standard InChI is InChI=1S/C20H19ClN4O3S/c21-15-3-1-13(2-4-15)20-24-23-17(28-20)11-25(16-5-6-16)18(26)7-9-22-19(27)14-8-10-29-12-14/h1-4,8,10,12,16H,5-7,9,11H2,(H,22,27). The van der Waals surface area contributed by atoms with Crippen molar-refractivity contribution in [3.05, 3.63) is 57.6 Å². The number of carbonyl (C=O) groups excluding carboxylic acids is 2. The summed E-state index contributed by atoms with van der Waals surface area (Å²) >= 11 is 7.36. The summed E-state index contributed by atoms with van der Waals surface area (Å²) in [5.74, 6) is 0.575. The molecule has 1 aromatic carbocycles. The molecule has 7 nitrogen and oxygen atoms in total. The van der Waals surface area contributed by atoms with Crippen molar-refractivity contribution in [2.24, 2.45) is 0 Å². The lowest BCUT2D eigenvalue weighted by Gasteiger charge is -2.20. The van der Waals surface area contributed by atoms with E-state index in [2.05, 4.69) is 15.5 Å². The Labute approximate surface area is 176 Å². The fraction of sp³-hybridized carbons (Fsp3) is 0.300. The molecular formula is C20H19ClN4O3S. The van der Waals surface area contributed by atoms with E-state index in [0.717, 1.165) is 18.4 Å². The van der Waals surface area contributed by atoms with E-state index in [4.69, 9.17) is 16.0 Å². The molecule has 0 atom stereocenters. The molecule has 0 unspecified atom stereocenters. The van der Waals surface area contributed by atoms with Crippen molar-refractivity contribution in [1.82, 2.24) is 20.4 Å². The highest BCUT2D eigenvalue weighted by Crippen LogP contribution is 2.29. The Bertz CT molecular complexity index is 984. The molecule has 1 fully saturated rings. The predicted molar refractivity (Wildman–Crippen MR) is 110 cm³/mol. The summed E-state index contributed by atoms with van der Waals surface area (Å²) in [4.78, 5) is 26.4. The quantitative estimate of drug-likeness (QED) is 0.587. The Hall–Kier alpha value is -2.71. The summed E-state index contributed by atoms with van der Waals surface area (Å²) in [5.41, 5.74) is 1.38. The van der Waals surface area contributed by atoms with Crippen molar-refractivity contribution in [2.75, 3.05) is 6.54 Å². The minimum absolute atomic E-state index is 0.0376. The number of halogens is 1. The third-order valence-electron chi connectivity index (χ3n) is 4.58. The van der Waals surface area contributed by atoms with Crippen LogP contribution in [0.5, 0.6) is 0 Å². The summed E-state index contributed by atoms with van der Waals surface area (Å²) in [6.07, 6.45) is 2.15. The molecule has 1 saturated carbocycles. The molecule has 0 aliphatic heterocycles. The van der Waals surface area contributed by atoms with Crippen molar-refractivity contribution in [1.29, 1.82) is 0 Å². The second-order valence-electron chi connectivity index (χ2n) is 6.78. The molecule has 1 N–H and O–H groups in total. The molecule has 2 heterocycles. The number of benzene rings is 1. The fourth-order valence-corrected chi connectivity index (χ4v) is 3.66. The summed E-state index contributed by atoms with van der Waals surface area (Å²) in [5, 5.41) is 15.2. The van der Waals surface area contributed by atoms with Gasteiger partial charge in [-0.25, -0.2) is 0 Å². The Kier molecular flexibility index (Phi) is 5.92. The topological polar surface area (TPSA) is 88.3 Å². The van der Waals surface area contributed by atoms with E-state index in [9.17, 15) is 9.59 Å². The minimum atomic E-state index is -0.165. The van der Waals surface area contributed by atoms with Gasteiger partial charge < -0.3 is 14.6 Å². The molecule has 0 bridgehead atoms. The second kappa shape index (κ2) is 8.75. The first-order chi connectivity index (χ1) is 14.1. The van der Waals surface area contributed by atoms with Gasteiger partial charge in [0.15, 0.2) is 0 Å². The number of amides is 2. The Balaban J connectivity index is 1.34. The molecule has 4 rings (SSSR count). The van der Waals surface area contributed by atoms with E-state index in [1.807, 2.05) is 5.38 Å². The van der Waals surface area contributed by atoms with Crippen molar-refractivity contribution in [3.8, 4) is 11.5 Å². The van der Waals surface area contributed by atoms with Gasteiger partial charge in [-0.1, -0.05) is 11.6 Å². The lowest BCUT2D eigenvalue weighted by Crippen LogP contribution is -2.35. The molecular weight excluding hydrogens is 412 g/mol. The van der Waals surface area contributed by atoms with Crippen LogP contribution in [-0.2, 0) is 11.3 Å². The molecule has 0 radical (unpaired) electrons. The van der Waals surface area contributed by atoms with Gasteiger partial charge in [0.1, 0.15) is 0 Å². The van der Waals surface area contributed by atoms with Gasteiger partial charge in [-0.2, -0.15) is 11.3 Å². The van der Waals surface area contributed by atoms with Crippen molar-refractivity contribution >= 4 is 34.8 Å². The van der Waals surface area contributed by atoms with Crippen LogP contribution in [0, 0.1) is 0 Å². The minimum Gasteiger partial charge on any atom is -0.419 e. The number of aromatic nitrogens is 2. The lowest BCUT2D eigenvalue weighted by molar-refractivity contribution is -0.132. The smallest absolute Gasteiger partial charge is 0.252 e. The zero-order valence-corrected chi connectivity index (χ0v) is 17.1. The number of nitrogens with zero attached hydrogens (tertiary/aromatic N) is 3. The Morgan fingerprint density at radius 3 is 2.69 bits per heavy atom. The monoisotopic (exact) mass is 430 g/mol. The van der Waals surface area contributed by atoms with E-state index < -0.39 is 0 Å². The van der Waals surface area contributed by atoms with Crippen LogP contribution < -0.4 is 5.32 Å². The highest BCUT2D eigenvalue weighted by Gasteiger charge is 2.33. The van der Waals surface area contributed by atoms with Gasteiger partial charge in [0.05, 0.1) is 6.54 Å². The normalized spacial score (nSPS) is 13.3. The predicted octanol–water partition coefficient (Wildman–Crippen LogP) is 3.76. The summed E-state index contributed by atoms with van der Waals surface area (Å²) in [6.45, 7) is 0.555. The Morgan fingerprint density at radius 1 is 1.21 bits per heavy atom. The average Bonchev–Trinajstić information content (AvgIpc) is 3.20. The lowest BCUT2D eigenvalue weighted by atomic mass is 10.2. The highest BCUT2D eigenvalue weighted by molar-refractivity contribution is 7.08. The van der Waals surface area contributed by atoms with Crippen LogP contribution in [0.2, 0.25) is 5.02 Å². The van der Waals surface area contributed by atoms with Gasteiger partial charge in [0.2, 0.25) is 17.7 Å². The van der Waals surface area contributed by atoms with E-state index in [-0.39, 0.29) is 37.4 Å². The van der Waals surface area contributed by atoms with E-state index >= 15 is 0 Å². The highest BCUT2D eigenvalue weighted by atomic mass is 35.5. The zero-order chi connectivity index (χ0) is 20.2. The van der Waals surface area contributed by atoms with Crippen LogP contribution in [-0.4, -0.2) is 39.5 Å². The fourth-order valence-electron chi connectivity index (χ4n) is 2.90. The first-order valence-corrected chi connectivity index (χ1v) is 10.6. The van der Waals surface area contributed by atoms with E-state index in [1.54, 1.807) is 40.6 Å². The van der Waals surface area contributed by atoms with Gasteiger partial charge in [-0.15, -0.1) is 10.2 Å². The van der Waals surface area contributed by atoms with Crippen molar-refractivity contribution < 1.29 is 14.0 Å². The van der Waals surface area contributed by atoms with E-state index in [0.29, 0.717) is 22.4 Å². The molecule has 0 spiro atoms. The third kappa shape index (κ3) is 5.02. The van der Waals surface area contributed by atoms with E-state index in [1.165, 1.54) is 11.3 Å². The van der Waals surface area contributed by atoms with Crippen molar-refractivity contribution in [3.63, 3.8) is 0 Å². The van der Waals surface area contributed by atoms with Gasteiger partial charge in [-0.3, -0.25) is 9.59 Å². The second-order valence-corrected chi connectivity index (χ2v) is 8.00. The SMILES string of the molecule is O=C(NCCC(=O)N(Cc1nnc(-c2ccc(Cl)cc2)o1)C1CC1)c1ccsc1. The average molecular weight is 431 g/mol. The molecule has 150 valence electrons. The molecule has 0 saturated heterocycles. The Morgan fingerprint density at radius 2 is 2.00 bits per heavy atom. The van der Waals surface area contributed by atoms with Crippen LogP contribution in [0.4, 0.5) is 0 Å². The van der Waals surface area contributed by atoms with Gasteiger partial charge >= 0.3 is 0 Å². The summed E-state index contributed by atoms with van der Waals surface area (Å²) in [6, 6.07) is 9.07. The molecule has 1 aliphatic carbocycles. The first-order valence-electron chi connectivity index (χ1n) is 9.28. The number of thiophene rings is 1. The molecule has 1 aliphatic rings. The van der Waals surface area contributed by atoms with Gasteiger partial charge in [0.25, 0.3) is 5.91 Å². The summed E-state index contributed by atoms with van der Waals surface area (Å²) in [7, 11) is 0. The third-order valence-corrected chi connectivity index (χ3v) is 5.51. The molecule has 2 amide bonds. The van der Waals surface area contributed by atoms with Crippen LogP contribution in [0.25, 0.3) is 11.5 Å². The maximum Gasteiger partial charge on any atom is 0.252 e. The number of nitrogens with one attached hydrogen (secondary N) is 1. The summed E-state index contributed by atoms with van der Waals surface area (Å²) < 4.78 is 5.73. The number of hydrogen-bond acceptors (Lipinski definition) is 6. The van der Waals surface area contributed by atoms with Gasteiger partial charge in [0, 0.05) is 40.5 Å². The molecule has 2 aromatic heterocycles. The number of rotatable bonds is 8. The molecule has 29 heavy (non-hydrogen) atoms. The zero-order valence-electron chi connectivity index (χ0n) is 15.5. The van der Waals surface area contributed by atoms with Gasteiger partial charge in [-0.05, 0) is 48.6 Å². The van der Waals surface area contributed by atoms with Crippen LogP contribution in [0.15, 0.2) is 45.5 Å². The van der Waals surface area contributed by atoms with Crippen LogP contribution >= 0.6 is 22.9 Å². The van der Waals surface area contributed by atoms with Crippen LogP contribution in [0.1, 0.15) is 35.5 Å². The maximum atomic E-state index is 12.7. The molecule has 3 aromatic rings. The molecule has 9 heteroatoms. The maximum absolute atomic E-state index is 12.7. The number of carbonyl (C=O) groups is 2.